The fourth-order valence-electron chi connectivity index (χ4n) is 4.06. The summed E-state index contributed by atoms with van der Waals surface area (Å²) in [6.45, 7) is 1.80. The molecule has 126 valence electrons. The minimum atomic E-state index is 0. The summed E-state index contributed by atoms with van der Waals surface area (Å²) in [5.41, 5.74) is 6.32. The Hall–Kier alpha value is -1.71. The van der Waals surface area contributed by atoms with Crippen LogP contribution in [0.1, 0.15) is 35.6 Å². The van der Waals surface area contributed by atoms with E-state index in [4.69, 9.17) is 4.74 Å². The molecule has 1 aliphatic heterocycles. The topological polar surface area (TPSA) is 41.5 Å². The van der Waals surface area contributed by atoms with Crippen LogP contribution >= 0.6 is 12.4 Å². The van der Waals surface area contributed by atoms with E-state index < -0.39 is 0 Å². The van der Waals surface area contributed by atoms with E-state index >= 15 is 0 Å². The molecule has 1 unspecified atom stereocenters. The van der Waals surface area contributed by atoms with Crippen molar-refractivity contribution < 1.29 is 9.84 Å². The van der Waals surface area contributed by atoms with Gasteiger partial charge in [0.1, 0.15) is 11.5 Å². The number of phenols is 1. The van der Waals surface area contributed by atoms with Crippen molar-refractivity contribution in [3.05, 3.63) is 47.0 Å². The van der Waals surface area contributed by atoms with Crippen molar-refractivity contribution in [2.24, 2.45) is 5.92 Å². The predicted octanol–water partition coefficient (Wildman–Crippen LogP) is 4.01. The molecule has 1 fully saturated rings. The largest absolute Gasteiger partial charge is 0.508 e. The molecule has 3 nitrogen and oxygen atoms in total. The summed E-state index contributed by atoms with van der Waals surface area (Å²) in [4.78, 5) is 0. The van der Waals surface area contributed by atoms with Crippen LogP contribution in [0.3, 0.4) is 0 Å². The number of hydrogen-bond donors (Lipinski definition) is 2. The first-order valence-corrected chi connectivity index (χ1v) is 8.64. The highest BCUT2D eigenvalue weighted by Gasteiger charge is 2.32. The standard InChI is InChI=1S/C20H21NO2.ClH/c22-15-8-14-6-7-21-17-9-13-2-1-3-18(23-11-12-4-5-12)20(13)16(10-15)19(14)17;/h1-3,8,10,12,17,21-22H,4-7,9,11H2;1H. The molecule has 0 amide bonds. The number of ether oxygens (including phenoxy) is 1. The minimum Gasteiger partial charge on any atom is -0.508 e. The Balaban J connectivity index is 0.00000146. The summed E-state index contributed by atoms with van der Waals surface area (Å²) in [5.74, 6) is 2.08. The van der Waals surface area contributed by atoms with Gasteiger partial charge >= 0.3 is 0 Å². The van der Waals surface area contributed by atoms with Crippen LogP contribution in [0.25, 0.3) is 11.1 Å². The smallest absolute Gasteiger partial charge is 0.127 e. The zero-order valence-electron chi connectivity index (χ0n) is 13.5. The van der Waals surface area contributed by atoms with Gasteiger partial charge < -0.3 is 15.2 Å². The van der Waals surface area contributed by atoms with E-state index in [-0.39, 0.29) is 12.4 Å². The molecule has 0 spiro atoms. The Bertz CT molecular complexity index is 785. The molecule has 2 aliphatic carbocycles. The number of rotatable bonds is 3. The summed E-state index contributed by atoms with van der Waals surface area (Å²) < 4.78 is 6.15. The second-order valence-corrected chi connectivity index (χ2v) is 7.07. The van der Waals surface area contributed by atoms with Crippen LogP contribution in [0.4, 0.5) is 0 Å². The summed E-state index contributed by atoms with van der Waals surface area (Å²) >= 11 is 0. The van der Waals surface area contributed by atoms with E-state index in [1.165, 1.54) is 35.1 Å². The second kappa shape index (κ2) is 5.98. The molecule has 0 bridgehead atoms. The van der Waals surface area contributed by atoms with Gasteiger partial charge in [-0.1, -0.05) is 12.1 Å². The summed E-state index contributed by atoms with van der Waals surface area (Å²) in [6, 6.07) is 10.6. The SMILES string of the molecule is Cl.Oc1cc2c3c(c1)-c1c(cccc1OCC1CC1)CC3NCC2. The first kappa shape index (κ1) is 15.8. The lowest BCUT2D eigenvalue weighted by Crippen LogP contribution is -2.33. The van der Waals surface area contributed by atoms with E-state index in [9.17, 15) is 5.11 Å². The Labute approximate surface area is 148 Å². The molecule has 1 atom stereocenters. The van der Waals surface area contributed by atoms with E-state index in [1.807, 2.05) is 12.1 Å². The summed E-state index contributed by atoms with van der Waals surface area (Å²) in [6.07, 6.45) is 4.57. The van der Waals surface area contributed by atoms with Gasteiger partial charge in [-0.3, -0.25) is 0 Å². The van der Waals surface area contributed by atoms with Crippen molar-refractivity contribution >= 4 is 12.4 Å². The van der Waals surface area contributed by atoms with Crippen molar-refractivity contribution in [3.63, 3.8) is 0 Å². The molecule has 2 aromatic carbocycles. The van der Waals surface area contributed by atoms with Crippen molar-refractivity contribution in [1.29, 1.82) is 0 Å². The highest BCUT2D eigenvalue weighted by atomic mass is 35.5. The van der Waals surface area contributed by atoms with Gasteiger partial charge in [-0.05, 0) is 78.6 Å². The highest BCUT2D eigenvalue weighted by Crippen LogP contribution is 2.47. The quantitative estimate of drug-likeness (QED) is 0.884. The highest BCUT2D eigenvalue weighted by molar-refractivity contribution is 5.85. The fourth-order valence-corrected chi connectivity index (χ4v) is 4.06. The van der Waals surface area contributed by atoms with Gasteiger partial charge in [0.15, 0.2) is 0 Å². The first-order chi connectivity index (χ1) is 11.3. The maximum Gasteiger partial charge on any atom is 0.127 e. The van der Waals surface area contributed by atoms with Crippen LogP contribution in [-0.4, -0.2) is 18.3 Å². The number of nitrogens with one attached hydrogen (secondary N) is 1. The molecule has 1 heterocycles. The van der Waals surface area contributed by atoms with E-state index in [0.717, 1.165) is 43.2 Å². The molecule has 24 heavy (non-hydrogen) atoms. The lowest BCUT2D eigenvalue weighted by atomic mass is 9.77. The molecular formula is C20H22ClNO2. The first-order valence-electron chi connectivity index (χ1n) is 8.64. The second-order valence-electron chi connectivity index (χ2n) is 7.07. The molecule has 0 aromatic heterocycles. The average Bonchev–Trinajstić information content (AvgIpc) is 3.37. The van der Waals surface area contributed by atoms with Crippen LogP contribution in [0, 0.1) is 5.92 Å². The molecule has 2 N–H and O–H groups in total. The third kappa shape index (κ3) is 2.56. The van der Waals surface area contributed by atoms with Crippen LogP contribution < -0.4 is 10.1 Å². The van der Waals surface area contributed by atoms with Gasteiger partial charge in [-0.2, -0.15) is 0 Å². The van der Waals surface area contributed by atoms with Crippen LogP contribution in [-0.2, 0) is 12.8 Å². The molecule has 4 heteroatoms. The molecule has 5 rings (SSSR count). The minimum absolute atomic E-state index is 0. The zero-order valence-corrected chi connectivity index (χ0v) is 14.4. The molecule has 2 aromatic rings. The van der Waals surface area contributed by atoms with Crippen molar-refractivity contribution in [3.8, 4) is 22.6 Å². The lowest BCUT2D eigenvalue weighted by Gasteiger charge is -2.35. The maximum atomic E-state index is 10.2. The van der Waals surface area contributed by atoms with Crippen molar-refractivity contribution in [2.45, 2.75) is 31.7 Å². The zero-order chi connectivity index (χ0) is 15.4. The Morgan fingerprint density at radius 2 is 2.04 bits per heavy atom. The van der Waals surface area contributed by atoms with Gasteiger partial charge in [-0.15, -0.1) is 12.4 Å². The number of aromatic hydroxyl groups is 1. The van der Waals surface area contributed by atoms with Crippen LogP contribution in [0.5, 0.6) is 11.5 Å². The average molecular weight is 344 g/mol. The lowest BCUT2D eigenvalue weighted by molar-refractivity contribution is 0.300. The third-order valence-electron chi connectivity index (χ3n) is 5.36. The van der Waals surface area contributed by atoms with Gasteiger partial charge in [0.25, 0.3) is 0 Å². The molecule has 0 radical (unpaired) electrons. The Morgan fingerprint density at radius 1 is 1.17 bits per heavy atom. The normalized spacial score (nSPS) is 20.6. The summed E-state index contributed by atoms with van der Waals surface area (Å²) in [7, 11) is 0. The van der Waals surface area contributed by atoms with Gasteiger partial charge in [0, 0.05) is 11.6 Å². The van der Waals surface area contributed by atoms with Gasteiger partial charge in [0.05, 0.1) is 6.61 Å². The van der Waals surface area contributed by atoms with Crippen molar-refractivity contribution in [1.82, 2.24) is 5.32 Å². The monoisotopic (exact) mass is 343 g/mol. The number of fused-ring (bicyclic) bond motifs is 2. The van der Waals surface area contributed by atoms with Gasteiger partial charge in [-0.25, -0.2) is 0 Å². The van der Waals surface area contributed by atoms with Crippen LogP contribution in [0.15, 0.2) is 30.3 Å². The molecule has 3 aliphatic rings. The van der Waals surface area contributed by atoms with E-state index in [1.54, 1.807) is 0 Å². The van der Waals surface area contributed by atoms with E-state index in [0.29, 0.717) is 11.8 Å². The number of phenolic OH excluding ortho intramolecular Hbond substituents is 1. The van der Waals surface area contributed by atoms with Crippen molar-refractivity contribution in [2.75, 3.05) is 13.2 Å². The molecule has 0 saturated heterocycles. The van der Waals surface area contributed by atoms with Gasteiger partial charge in [0.2, 0.25) is 0 Å². The molecular weight excluding hydrogens is 322 g/mol. The van der Waals surface area contributed by atoms with Crippen LogP contribution in [0.2, 0.25) is 0 Å². The van der Waals surface area contributed by atoms with E-state index in [2.05, 4.69) is 23.5 Å². The molecule has 1 saturated carbocycles. The fraction of sp³-hybridized carbons (Fsp3) is 0.400. The summed E-state index contributed by atoms with van der Waals surface area (Å²) in [5, 5.41) is 13.8. The Morgan fingerprint density at radius 3 is 2.88 bits per heavy atom. The third-order valence-corrected chi connectivity index (χ3v) is 5.36. The number of halogens is 1. The number of benzene rings is 2. The maximum absolute atomic E-state index is 10.2. The Kier molecular flexibility index (Phi) is 3.93. The predicted molar refractivity (Wildman–Crippen MR) is 97.2 cm³/mol. The number of hydrogen-bond acceptors (Lipinski definition) is 3.